The number of aryl methyl sites for hydroxylation is 2. The molecule has 0 atom stereocenters. The summed E-state index contributed by atoms with van der Waals surface area (Å²) in [6, 6.07) is 8.91. The first kappa shape index (κ1) is 19.1. The second kappa shape index (κ2) is 8.32. The first-order valence-corrected chi connectivity index (χ1v) is 9.36. The quantitative estimate of drug-likeness (QED) is 0.638. The zero-order valence-electron chi connectivity index (χ0n) is 14.7. The molecule has 1 amide bonds. The van der Waals surface area contributed by atoms with E-state index in [-0.39, 0.29) is 10.7 Å². The Kier molecular flexibility index (Phi) is 5.88. The first-order chi connectivity index (χ1) is 12.9. The molecule has 0 aliphatic heterocycles. The van der Waals surface area contributed by atoms with Crippen molar-refractivity contribution in [3.63, 3.8) is 0 Å². The second-order valence-corrected chi connectivity index (χ2v) is 7.21. The van der Waals surface area contributed by atoms with Crippen molar-refractivity contribution >= 4 is 34.8 Å². The van der Waals surface area contributed by atoms with Crippen molar-refractivity contribution in [2.75, 3.05) is 6.61 Å². The van der Waals surface area contributed by atoms with E-state index >= 15 is 0 Å². The number of hydrogen-bond donors (Lipinski definition) is 1. The maximum absolute atomic E-state index is 12.3. The van der Waals surface area contributed by atoms with Gasteiger partial charge >= 0.3 is 5.97 Å². The Hall–Kier alpha value is -2.71. The number of thiophene rings is 1. The molecule has 3 heterocycles. The number of carbonyl (C=O) groups excluding carboxylic acids is 2. The number of amides is 1. The molecule has 0 aliphatic carbocycles. The summed E-state index contributed by atoms with van der Waals surface area (Å²) in [5, 5.41) is 9.07. The molecule has 7 nitrogen and oxygen atoms in total. The molecule has 3 aromatic heterocycles. The van der Waals surface area contributed by atoms with Crippen molar-refractivity contribution in [2.24, 2.45) is 0 Å². The predicted octanol–water partition coefficient (Wildman–Crippen LogP) is 3.07. The number of carbonyl (C=O) groups is 2. The van der Waals surface area contributed by atoms with Crippen LogP contribution in [0.4, 0.5) is 0 Å². The lowest BCUT2D eigenvalue weighted by Gasteiger charge is -2.09. The maximum Gasteiger partial charge on any atom is 0.359 e. The topological polar surface area (TPSA) is 86.1 Å². The molecule has 140 valence electrons. The van der Waals surface area contributed by atoms with Gasteiger partial charge in [-0.05, 0) is 43.5 Å². The minimum Gasteiger partial charge on any atom is -0.451 e. The lowest BCUT2D eigenvalue weighted by atomic mass is 10.3. The highest BCUT2D eigenvalue weighted by molar-refractivity contribution is 7.09. The number of hydrogen-bond acceptors (Lipinski definition) is 6. The van der Waals surface area contributed by atoms with Crippen LogP contribution in [0.15, 0.2) is 35.7 Å². The van der Waals surface area contributed by atoms with Crippen molar-refractivity contribution in [3.8, 4) is 5.82 Å². The van der Waals surface area contributed by atoms with Crippen molar-refractivity contribution in [1.82, 2.24) is 20.1 Å². The van der Waals surface area contributed by atoms with Gasteiger partial charge < -0.3 is 10.1 Å². The third kappa shape index (κ3) is 4.72. The molecule has 0 bridgehead atoms. The Morgan fingerprint density at radius 2 is 2.11 bits per heavy atom. The van der Waals surface area contributed by atoms with Crippen molar-refractivity contribution in [3.05, 3.63) is 62.7 Å². The van der Waals surface area contributed by atoms with E-state index in [4.69, 9.17) is 16.3 Å². The van der Waals surface area contributed by atoms with Crippen LogP contribution < -0.4 is 5.32 Å². The normalized spacial score (nSPS) is 10.6. The maximum atomic E-state index is 12.3. The van der Waals surface area contributed by atoms with Gasteiger partial charge in [0.1, 0.15) is 0 Å². The monoisotopic (exact) mass is 404 g/mol. The second-order valence-electron chi connectivity index (χ2n) is 5.77. The number of halogens is 1. The van der Waals surface area contributed by atoms with Crippen LogP contribution in [0, 0.1) is 13.8 Å². The zero-order chi connectivity index (χ0) is 19.4. The zero-order valence-corrected chi connectivity index (χ0v) is 16.3. The van der Waals surface area contributed by atoms with Crippen LogP contribution in [0.5, 0.6) is 0 Å². The fourth-order valence-electron chi connectivity index (χ4n) is 2.40. The molecule has 0 saturated heterocycles. The molecular formula is C18H17ClN4O3S. The summed E-state index contributed by atoms with van der Waals surface area (Å²) in [5.74, 6) is -0.726. The Labute approximate surface area is 164 Å². The van der Waals surface area contributed by atoms with E-state index in [1.807, 2.05) is 37.4 Å². The lowest BCUT2D eigenvalue weighted by Crippen LogP contribution is -2.28. The lowest BCUT2D eigenvalue weighted by molar-refractivity contribution is -0.124. The van der Waals surface area contributed by atoms with E-state index in [0.29, 0.717) is 12.4 Å². The van der Waals surface area contributed by atoms with E-state index < -0.39 is 18.5 Å². The van der Waals surface area contributed by atoms with E-state index in [1.54, 1.807) is 16.8 Å². The van der Waals surface area contributed by atoms with Gasteiger partial charge in [0.25, 0.3) is 5.91 Å². The Balaban J connectivity index is 1.64. The van der Waals surface area contributed by atoms with Crippen LogP contribution in [0.25, 0.3) is 5.82 Å². The molecular weight excluding hydrogens is 388 g/mol. The number of ether oxygens (including phenoxy) is 1. The highest BCUT2D eigenvalue weighted by Gasteiger charge is 2.18. The van der Waals surface area contributed by atoms with Gasteiger partial charge in [0.15, 0.2) is 18.1 Å². The summed E-state index contributed by atoms with van der Waals surface area (Å²) in [6.07, 6.45) is 0. The number of esters is 1. The minimum atomic E-state index is -0.769. The van der Waals surface area contributed by atoms with Gasteiger partial charge in [0.2, 0.25) is 0 Å². The smallest absolute Gasteiger partial charge is 0.359 e. The largest absolute Gasteiger partial charge is 0.451 e. The summed E-state index contributed by atoms with van der Waals surface area (Å²) in [5.41, 5.74) is 1.64. The molecule has 3 rings (SSSR count). The van der Waals surface area contributed by atoms with Crippen LogP contribution in [-0.4, -0.2) is 33.2 Å². The van der Waals surface area contributed by atoms with Crippen molar-refractivity contribution in [2.45, 2.75) is 20.4 Å². The van der Waals surface area contributed by atoms with Gasteiger partial charge in [-0.25, -0.2) is 14.5 Å². The van der Waals surface area contributed by atoms with E-state index in [0.717, 1.165) is 16.3 Å². The van der Waals surface area contributed by atoms with E-state index in [2.05, 4.69) is 15.4 Å². The van der Waals surface area contributed by atoms with Gasteiger partial charge in [-0.2, -0.15) is 5.10 Å². The van der Waals surface area contributed by atoms with Crippen LogP contribution >= 0.6 is 22.9 Å². The summed E-state index contributed by atoms with van der Waals surface area (Å²) >= 11 is 7.61. The fraction of sp³-hybridized carbons (Fsp3) is 0.222. The van der Waals surface area contributed by atoms with Gasteiger partial charge in [-0.15, -0.1) is 11.3 Å². The van der Waals surface area contributed by atoms with Crippen molar-refractivity contribution in [1.29, 1.82) is 0 Å². The van der Waals surface area contributed by atoms with Gasteiger partial charge in [0, 0.05) is 10.6 Å². The molecule has 1 N–H and O–H groups in total. The number of rotatable bonds is 6. The SMILES string of the molecule is Cc1cc(C)n(-c2ccc(Cl)c(C(=O)OCC(=O)NCc3cccs3)n2)n1. The average Bonchev–Trinajstić information content (AvgIpc) is 3.27. The average molecular weight is 405 g/mol. The molecule has 0 unspecified atom stereocenters. The predicted molar refractivity (Wildman–Crippen MR) is 102 cm³/mol. The van der Waals surface area contributed by atoms with Crippen LogP contribution in [0.1, 0.15) is 26.8 Å². The van der Waals surface area contributed by atoms with Gasteiger partial charge in [0.05, 0.1) is 17.3 Å². The first-order valence-electron chi connectivity index (χ1n) is 8.10. The number of pyridine rings is 1. The highest BCUT2D eigenvalue weighted by atomic mass is 35.5. The summed E-state index contributed by atoms with van der Waals surface area (Å²) < 4.78 is 6.65. The van der Waals surface area contributed by atoms with Crippen LogP contribution in [-0.2, 0) is 16.1 Å². The third-order valence-corrected chi connectivity index (χ3v) is 4.81. The third-order valence-electron chi connectivity index (χ3n) is 3.63. The Morgan fingerprint density at radius 1 is 1.30 bits per heavy atom. The van der Waals surface area contributed by atoms with Crippen LogP contribution in [0.2, 0.25) is 5.02 Å². The molecule has 0 aromatic carbocycles. The van der Waals surface area contributed by atoms with Gasteiger partial charge in [-0.3, -0.25) is 4.79 Å². The summed E-state index contributed by atoms with van der Waals surface area (Å²) in [4.78, 5) is 29.4. The fourth-order valence-corrected chi connectivity index (χ4v) is 3.23. The molecule has 0 spiro atoms. The Morgan fingerprint density at radius 3 is 2.78 bits per heavy atom. The highest BCUT2D eigenvalue weighted by Crippen LogP contribution is 2.18. The molecule has 0 radical (unpaired) electrons. The number of nitrogens with one attached hydrogen (secondary N) is 1. The summed E-state index contributed by atoms with van der Waals surface area (Å²) in [7, 11) is 0. The minimum absolute atomic E-state index is 0.0622. The van der Waals surface area contributed by atoms with Gasteiger partial charge in [-0.1, -0.05) is 17.7 Å². The number of aromatic nitrogens is 3. The molecule has 9 heteroatoms. The molecule has 0 saturated carbocycles. The van der Waals surface area contributed by atoms with Crippen LogP contribution in [0.3, 0.4) is 0 Å². The molecule has 0 aliphatic rings. The summed E-state index contributed by atoms with van der Waals surface area (Å²) in [6.45, 7) is 3.72. The van der Waals surface area contributed by atoms with E-state index in [9.17, 15) is 9.59 Å². The molecule has 0 fully saturated rings. The van der Waals surface area contributed by atoms with Crippen molar-refractivity contribution < 1.29 is 14.3 Å². The standard InChI is InChI=1S/C18H17ClN4O3S/c1-11-8-12(2)23(22-11)15-6-5-14(19)17(21-15)18(25)26-10-16(24)20-9-13-4-3-7-27-13/h3-8H,9-10H2,1-2H3,(H,20,24). The molecule has 27 heavy (non-hydrogen) atoms. The molecule has 3 aromatic rings. The Bertz CT molecular complexity index is 969. The van der Waals surface area contributed by atoms with E-state index in [1.165, 1.54) is 11.3 Å². The number of nitrogens with zero attached hydrogens (tertiary/aromatic N) is 3.